The predicted octanol–water partition coefficient (Wildman–Crippen LogP) is 4.42. The number of benzene rings is 2. The molecule has 2 aromatic carbocycles. The van der Waals surface area contributed by atoms with E-state index in [1.165, 1.54) is 16.3 Å². The molecule has 156 valence electrons. The number of carbonyl (C=O) groups is 1. The van der Waals surface area contributed by atoms with Gasteiger partial charge < -0.3 is 10.2 Å². The summed E-state index contributed by atoms with van der Waals surface area (Å²) in [5, 5.41) is 3.85. The average Bonchev–Trinajstić information content (AvgIpc) is 2.71. The number of rotatable bonds is 7. The molecule has 1 amide bonds. The maximum Gasteiger partial charge on any atom is 0.262 e. The van der Waals surface area contributed by atoms with E-state index in [1.54, 1.807) is 31.2 Å². The molecule has 0 aliphatic rings. The standard InChI is InChI=1S/C22H23ClN4O2S/c1-5-12-27-21(29)18-11-6-15(23)13-19(18)25-22(27)30-14(2)20(28)24-16-7-9-17(10-8-16)26(3)4/h5-11,13-14H,1,12H2,2-4H3,(H,24,28)/t14-/m1/s1. The van der Waals surface area contributed by atoms with Crippen LogP contribution in [0.15, 0.2) is 65.1 Å². The van der Waals surface area contributed by atoms with E-state index in [-0.39, 0.29) is 11.5 Å². The van der Waals surface area contributed by atoms with Crippen molar-refractivity contribution in [3.8, 4) is 0 Å². The second kappa shape index (κ2) is 9.36. The van der Waals surface area contributed by atoms with Crippen molar-refractivity contribution < 1.29 is 4.79 Å². The van der Waals surface area contributed by atoms with Crippen LogP contribution in [-0.4, -0.2) is 34.8 Å². The molecular weight excluding hydrogens is 420 g/mol. The van der Waals surface area contributed by atoms with Crippen LogP contribution in [0.1, 0.15) is 6.92 Å². The van der Waals surface area contributed by atoms with Crippen LogP contribution in [0.25, 0.3) is 10.9 Å². The van der Waals surface area contributed by atoms with E-state index in [0.29, 0.717) is 33.3 Å². The summed E-state index contributed by atoms with van der Waals surface area (Å²) in [6.45, 7) is 5.80. The van der Waals surface area contributed by atoms with Gasteiger partial charge in [0.25, 0.3) is 5.56 Å². The van der Waals surface area contributed by atoms with Gasteiger partial charge in [-0.15, -0.1) is 6.58 Å². The number of amides is 1. The molecule has 1 atom stereocenters. The van der Waals surface area contributed by atoms with Gasteiger partial charge in [0, 0.05) is 37.0 Å². The quantitative estimate of drug-likeness (QED) is 0.333. The van der Waals surface area contributed by atoms with Gasteiger partial charge in [-0.3, -0.25) is 14.2 Å². The zero-order valence-electron chi connectivity index (χ0n) is 17.1. The summed E-state index contributed by atoms with van der Waals surface area (Å²) in [5.41, 5.74) is 2.07. The first kappa shape index (κ1) is 21.9. The molecule has 1 heterocycles. The monoisotopic (exact) mass is 442 g/mol. The minimum atomic E-state index is -0.474. The lowest BCUT2D eigenvalue weighted by molar-refractivity contribution is -0.115. The van der Waals surface area contributed by atoms with Gasteiger partial charge in [-0.25, -0.2) is 4.98 Å². The Morgan fingerprint density at radius 3 is 2.63 bits per heavy atom. The van der Waals surface area contributed by atoms with E-state index in [1.807, 2.05) is 43.3 Å². The molecule has 1 N–H and O–H groups in total. The van der Waals surface area contributed by atoms with Crippen LogP contribution in [0.5, 0.6) is 0 Å². The summed E-state index contributed by atoms with van der Waals surface area (Å²) in [6.07, 6.45) is 1.63. The Labute approximate surface area is 184 Å². The zero-order valence-corrected chi connectivity index (χ0v) is 18.6. The summed E-state index contributed by atoms with van der Waals surface area (Å²) < 4.78 is 1.52. The molecule has 8 heteroatoms. The van der Waals surface area contributed by atoms with Gasteiger partial charge in [0.2, 0.25) is 5.91 Å². The first-order valence-corrected chi connectivity index (χ1v) is 10.6. The molecule has 0 saturated heterocycles. The summed E-state index contributed by atoms with van der Waals surface area (Å²) >= 11 is 7.28. The lowest BCUT2D eigenvalue weighted by Crippen LogP contribution is -2.26. The van der Waals surface area contributed by atoms with Crippen molar-refractivity contribution in [2.75, 3.05) is 24.3 Å². The van der Waals surface area contributed by atoms with Gasteiger partial charge in [0.05, 0.1) is 16.2 Å². The van der Waals surface area contributed by atoms with Crippen LogP contribution in [0.4, 0.5) is 11.4 Å². The molecule has 30 heavy (non-hydrogen) atoms. The van der Waals surface area contributed by atoms with Crippen LogP contribution in [0.2, 0.25) is 5.02 Å². The van der Waals surface area contributed by atoms with Gasteiger partial charge in [0.15, 0.2) is 5.16 Å². The zero-order chi connectivity index (χ0) is 21.8. The fourth-order valence-corrected chi connectivity index (χ4v) is 3.94. The minimum absolute atomic E-state index is 0.178. The molecule has 0 aliphatic heterocycles. The van der Waals surface area contributed by atoms with E-state index >= 15 is 0 Å². The van der Waals surface area contributed by atoms with Gasteiger partial charge in [-0.1, -0.05) is 29.4 Å². The molecular formula is C22H23ClN4O2S. The molecule has 0 unspecified atom stereocenters. The lowest BCUT2D eigenvalue weighted by atomic mass is 10.2. The van der Waals surface area contributed by atoms with Crippen LogP contribution in [0, 0.1) is 0 Å². The van der Waals surface area contributed by atoms with Crippen molar-refractivity contribution in [3.63, 3.8) is 0 Å². The van der Waals surface area contributed by atoms with Crippen molar-refractivity contribution in [1.82, 2.24) is 9.55 Å². The predicted molar refractivity (Wildman–Crippen MR) is 126 cm³/mol. The van der Waals surface area contributed by atoms with Crippen molar-refractivity contribution in [2.24, 2.45) is 0 Å². The smallest absolute Gasteiger partial charge is 0.262 e. The molecule has 0 aliphatic carbocycles. The molecule has 3 rings (SSSR count). The average molecular weight is 443 g/mol. The third-order valence-electron chi connectivity index (χ3n) is 4.50. The van der Waals surface area contributed by atoms with Gasteiger partial charge in [0.1, 0.15) is 0 Å². The van der Waals surface area contributed by atoms with Crippen molar-refractivity contribution >= 4 is 51.5 Å². The summed E-state index contributed by atoms with van der Waals surface area (Å²) in [6, 6.07) is 12.6. The Hall–Kier alpha value is -2.77. The highest BCUT2D eigenvalue weighted by molar-refractivity contribution is 8.00. The van der Waals surface area contributed by atoms with Crippen LogP contribution in [-0.2, 0) is 11.3 Å². The highest BCUT2D eigenvalue weighted by Crippen LogP contribution is 2.25. The Balaban J connectivity index is 1.84. The number of fused-ring (bicyclic) bond motifs is 1. The highest BCUT2D eigenvalue weighted by Gasteiger charge is 2.19. The molecule has 0 radical (unpaired) electrons. The number of nitrogens with zero attached hydrogens (tertiary/aromatic N) is 3. The summed E-state index contributed by atoms with van der Waals surface area (Å²) in [5.74, 6) is -0.178. The van der Waals surface area contributed by atoms with Crippen molar-refractivity contribution in [2.45, 2.75) is 23.9 Å². The van der Waals surface area contributed by atoms with E-state index in [2.05, 4.69) is 16.9 Å². The van der Waals surface area contributed by atoms with Crippen LogP contribution < -0.4 is 15.8 Å². The maximum atomic E-state index is 12.9. The first-order chi connectivity index (χ1) is 14.3. The van der Waals surface area contributed by atoms with E-state index in [9.17, 15) is 9.59 Å². The number of allylic oxidation sites excluding steroid dienone is 1. The second-order valence-electron chi connectivity index (χ2n) is 6.95. The van der Waals surface area contributed by atoms with Crippen LogP contribution in [0.3, 0.4) is 0 Å². The van der Waals surface area contributed by atoms with Gasteiger partial charge in [-0.2, -0.15) is 0 Å². The number of nitrogens with one attached hydrogen (secondary N) is 1. The molecule has 1 aromatic heterocycles. The van der Waals surface area contributed by atoms with Crippen molar-refractivity contribution in [1.29, 1.82) is 0 Å². The topological polar surface area (TPSA) is 67.2 Å². The van der Waals surface area contributed by atoms with E-state index in [4.69, 9.17) is 11.6 Å². The highest BCUT2D eigenvalue weighted by atomic mass is 35.5. The van der Waals surface area contributed by atoms with E-state index in [0.717, 1.165) is 5.69 Å². The number of aromatic nitrogens is 2. The molecule has 3 aromatic rings. The first-order valence-electron chi connectivity index (χ1n) is 9.36. The number of hydrogen-bond acceptors (Lipinski definition) is 5. The SMILES string of the molecule is C=CCn1c(S[C@H](C)C(=O)Nc2ccc(N(C)C)cc2)nc2cc(Cl)ccc2c1=O. The second-order valence-corrected chi connectivity index (χ2v) is 8.70. The molecule has 0 fully saturated rings. The third kappa shape index (κ3) is 4.86. The Morgan fingerprint density at radius 1 is 1.30 bits per heavy atom. The molecule has 0 bridgehead atoms. The number of anilines is 2. The lowest BCUT2D eigenvalue weighted by Gasteiger charge is -2.16. The fourth-order valence-electron chi connectivity index (χ4n) is 2.85. The number of hydrogen-bond donors (Lipinski definition) is 1. The maximum absolute atomic E-state index is 12.9. The van der Waals surface area contributed by atoms with Crippen LogP contribution >= 0.6 is 23.4 Å². The Kier molecular flexibility index (Phi) is 6.84. The minimum Gasteiger partial charge on any atom is -0.378 e. The molecule has 0 saturated carbocycles. The largest absolute Gasteiger partial charge is 0.378 e. The molecule has 0 spiro atoms. The summed E-state index contributed by atoms with van der Waals surface area (Å²) in [7, 11) is 3.91. The fraction of sp³-hybridized carbons (Fsp3) is 0.227. The Morgan fingerprint density at radius 2 is 2.00 bits per heavy atom. The third-order valence-corrected chi connectivity index (χ3v) is 5.82. The van der Waals surface area contributed by atoms with Crippen molar-refractivity contribution in [3.05, 3.63) is 70.5 Å². The Bertz CT molecular complexity index is 1140. The number of thioether (sulfide) groups is 1. The van der Waals surface area contributed by atoms with Gasteiger partial charge >= 0.3 is 0 Å². The van der Waals surface area contributed by atoms with E-state index < -0.39 is 5.25 Å². The number of carbonyl (C=O) groups excluding carboxylic acids is 1. The van der Waals surface area contributed by atoms with Gasteiger partial charge in [-0.05, 0) is 49.4 Å². The number of halogens is 1. The summed E-state index contributed by atoms with van der Waals surface area (Å²) in [4.78, 5) is 32.2. The normalized spacial score (nSPS) is 11.9. The molecule has 6 nitrogen and oxygen atoms in total.